The molecule has 0 radical (unpaired) electrons. The number of carboxylic acid groups (broad SMARTS) is 1. The first kappa shape index (κ1) is 10.8. The van der Waals surface area contributed by atoms with E-state index in [0.29, 0.717) is 6.04 Å². The van der Waals surface area contributed by atoms with Crippen LogP contribution in [0.2, 0.25) is 0 Å². The molecule has 5 heteroatoms. The number of carboxylic acids is 1. The monoisotopic (exact) mass is 235 g/mol. The van der Waals surface area contributed by atoms with E-state index in [-0.39, 0.29) is 12.0 Å². The fourth-order valence-electron chi connectivity index (χ4n) is 3.37. The number of rotatable bonds is 4. The molecule has 3 unspecified atom stereocenters. The van der Waals surface area contributed by atoms with Gasteiger partial charge in [-0.2, -0.15) is 0 Å². The van der Waals surface area contributed by atoms with Crippen molar-refractivity contribution < 1.29 is 9.90 Å². The van der Waals surface area contributed by atoms with Gasteiger partial charge in [-0.25, -0.2) is 4.98 Å². The SMILES string of the molecule is O=C(O)C1CC2CCC1N2CCn1ccnc1. The standard InChI is InChI=1S/C12H17N3O2/c16-12(17)10-7-9-1-2-11(10)15(9)6-5-14-4-3-13-8-14/h3-4,8-11H,1-2,5-7H2,(H,16,17). The number of aliphatic carboxylic acids is 1. The van der Waals surface area contributed by atoms with E-state index < -0.39 is 5.97 Å². The van der Waals surface area contributed by atoms with Crippen LogP contribution < -0.4 is 0 Å². The molecule has 3 atom stereocenters. The Morgan fingerprint density at radius 1 is 1.41 bits per heavy atom. The van der Waals surface area contributed by atoms with Crippen LogP contribution >= 0.6 is 0 Å². The first-order chi connectivity index (χ1) is 8.25. The van der Waals surface area contributed by atoms with E-state index in [1.807, 2.05) is 17.1 Å². The minimum absolute atomic E-state index is 0.142. The van der Waals surface area contributed by atoms with Gasteiger partial charge in [0.15, 0.2) is 0 Å². The molecule has 0 saturated carbocycles. The summed E-state index contributed by atoms with van der Waals surface area (Å²) in [6, 6.07) is 0.755. The minimum Gasteiger partial charge on any atom is -0.481 e. The summed E-state index contributed by atoms with van der Waals surface area (Å²) < 4.78 is 2.05. The summed E-state index contributed by atoms with van der Waals surface area (Å²) in [7, 11) is 0. The van der Waals surface area contributed by atoms with Gasteiger partial charge in [-0.1, -0.05) is 0 Å². The van der Waals surface area contributed by atoms with Gasteiger partial charge in [-0.05, 0) is 19.3 Å². The largest absolute Gasteiger partial charge is 0.481 e. The Morgan fingerprint density at radius 2 is 2.29 bits per heavy atom. The number of fused-ring (bicyclic) bond motifs is 2. The van der Waals surface area contributed by atoms with Crippen molar-refractivity contribution in [2.45, 2.75) is 37.9 Å². The summed E-state index contributed by atoms with van der Waals surface area (Å²) in [5.74, 6) is -0.763. The third kappa shape index (κ3) is 1.84. The summed E-state index contributed by atoms with van der Waals surface area (Å²) in [5, 5.41) is 9.16. The van der Waals surface area contributed by atoms with E-state index >= 15 is 0 Å². The number of aromatic nitrogens is 2. The molecule has 92 valence electrons. The highest BCUT2D eigenvalue weighted by molar-refractivity contribution is 5.71. The lowest BCUT2D eigenvalue weighted by Crippen LogP contribution is -2.35. The smallest absolute Gasteiger partial charge is 0.308 e. The Bertz CT molecular complexity index is 404. The van der Waals surface area contributed by atoms with Gasteiger partial charge in [0.2, 0.25) is 0 Å². The van der Waals surface area contributed by atoms with Crippen LogP contribution in [0, 0.1) is 5.92 Å². The minimum atomic E-state index is -0.621. The van der Waals surface area contributed by atoms with Gasteiger partial charge in [-0.3, -0.25) is 9.69 Å². The van der Waals surface area contributed by atoms with Gasteiger partial charge in [0.1, 0.15) is 0 Å². The predicted molar refractivity (Wildman–Crippen MR) is 61.5 cm³/mol. The van der Waals surface area contributed by atoms with Crippen LogP contribution in [0.3, 0.4) is 0 Å². The molecule has 0 aromatic carbocycles. The first-order valence-corrected chi connectivity index (χ1v) is 6.20. The molecule has 1 aromatic heterocycles. The van der Waals surface area contributed by atoms with E-state index in [0.717, 1.165) is 25.9 Å². The van der Waals surface area contributed by atoms with E-state index in [1.165, 1.54) is 6.42 Å². The molecule has 5 nitrogen and oxygen atoms in total. The summed E-state index contributed by atoms with van der Waals surface area (Å²) in [4.78, 5) is 17.5. The molecule has 3 rings (SSSR count). The number of carbonyl (C=O) groups is 1. The van der Waals surface area contributed by atoms with Crippen molar-refractivity contribution in [3.63, 3.8) is 0 Å². The van der Waals surface area contributed by atoms with E-state index in [1.54, 1.807) is 6.20 Å². The topological polar surface area (TPSA) is 58.4 Å². The second-order valence-corrected chi connectivity index (χ2v) is 5.02. The fourth-order valence-corrected chi connectivity index (χ4v) is 3.37. The van der Waals surface area contributed by atoms with Crippen LogP contribution in [0.1, 0.15) is 19.3 Å². The van der Waals surface area contributed by atoms with E-state index in [4.69, 9.17) is 5.11 Å². The van der Waals surface area contributed by atoms with Crippen LogP contribution in [0.5, 0.6) is 0 Å². The maximum absolute atomic E-state index is 11.1. The molecule has 0 aliphatic carbocycles. The molecule has 1 N–H and O–H groups in total. The lowest BCUT2D eigenvalue weighted by atomic mass is 9.89. The Kier molecular flexibility index (Phi) is 2.63. The van der Waals surface area contributed by atoms with Crippen molar-refractivity contribution in [3.8, 4) is 0 Å². The summed E-state index contributed by atoms with van der Waals surface area (Å²) in [6.07, 6.45) is 8.59. The average molecular weight is 235 g/mol. The zero-order valence-corrected chi connectivity index (χ0v) is 9.70. The molecule has 2 fully saturated rings. The highest BCUT2D eigenvalue weighted by atomic mass is 16.4. The second kappa shape index (κ2) is 4.14. The first-order valence-electron chi connectivity index (χ1n) is 6.20. The Hall–Kier alpha value is -1.36. The van der Waals surface area contributed by atoms with Gasteiger partial charge >= 0.3 is 5.97 Å². The Labute approximate surface area is 100 Å². The molecule has 3 heterocycles. The zero-order chi connectivity index (χ0) is 11.8. The van der Waals surface area contributed by atoms with Crippen molar-refractivity contribution >= 4 is 5.97 Å². The van der Waals surface area contributed by atoms with Crippen LogP contribution in [0.4, 0.5) is 0 Å². The van der Waals surface area contributed by atoms with E-state index in [2.05, 4.69) is 9.88 Å². The van der Waals surface area contributed by atoms with Crippen LogP contribution in [0.25, 0.3) is 0 Å². The lowest BCUT2D eigenvalue weighted by Gasteiger charge is -2.22. The highest BCUT2D eigenvalue weighted by Gasteiger charge is 2.48. The van der Waals surface area contributed by atoms with Crippen molar-refractivity contribution in [2.75, 3.05) is 6.54 Å². The predicted octanol–water partition coefficient (Wildman–Crippen LogP) is 0.821. The van der Waals surface area contributed by atoms with Crippen molar-refractivity contribution in [1.82, 2.24) is 14.5 Å². The lowest BCUT2D eigenvalue weighted by molar-refractivity contribution is -0.142. The molecule has 2 aliphatic rings. The molecular formula is C12H17N3O2. The van der Waals surface area contributed by atoms with Crippen molar-refractivity contribution in [2.24, 2.45) is 5.92 Å². The number of hydrogen-bond acceptors (Lipinski definition) is 3. The third-order valence-corrected chi connectivity index (χ3v) is 4.17. The maximum Gasteiger partial charge on any atom is 0.308 e. The molecule has 2 bridgehead atoms. The molecule has 0 spiro atoms. The number of imidazole rings is 1. The van der Waals surface area contributed by atoms with Crippen LogP contribution in [-0.4, -0.2) is 44.2 Å². The molecule has 1 aromatic rings. The third-order valence-electron chi connectivity index (χ3n) is 4.17. The average Bonchev–Trinajstić information content (AvgIpc) is 3.01. The van der Waals surface area contributed by atoms with Gasteiger partial charge < -0.3 is 9.67 Å². The molecule has 0 amide bonds. The maximum atomic E-state index is 11.1. The molecule has 2 aliphatic heterocycles. The van der Waals surface area contributed by atoms with Crippen molar-refractivity contribution in [1.29, 1.82) is 0 Å². The van der Waals surface area contributed by atoms with Crippen LogP contribution in [0.15, 0.2) is 18.7 Å². The molecule has 2 saturated heterocycles. The van der Waals surface area contributed by atoms with Gasteiger partial charge in [0.05, 0.1) is 12.2 Å². The summed E-state index contributed by atoms with van der Waals surface area (Å²) in [6.45, 7) is 1.84. The van der Waals surface area contributed by atoms with Gasteiger partial charge in [0, 0.05) is 37.6 Å². The highest BCUT2D eigenvalue weighted by Crippen LogP contribution is 2.41. The van der Waals surface area contributed by atoms with Crippen LogP contribution in [-0.2, 0) is 11.3 Å². The van der Waals surface area contributed by atoms with E-state index in [9.17, 15) is 4.79 Å². The quantitative estimate of drug-likeness (QED) is 0.839. The van der Waals surface area contributed by atoms with Gasteiger partial charge in [-0.15, -0.1) is 0 Å². The Balaban J connectivity index is 1.63. The molecule has 17 heavy (non-hydrogen) atoms. The molecular weight excluding hydrogens is 218 g/mol. The number of nitrogens with zero attached hydrogens (tertiary/aromatic N) is 3. The van der Waals surface area contributed by atoms with Crippen molar-refractivity contribution in [3.05, 3.63) is 18.7 Å². The zero-order valence-electron chi connectivity index (χ0n) is 9.70. The summed E-state index contributed by atoms with van der Waals surface area (Å²) >= 11 is 0. The Morgan fingerprint density at radius 3 is 2.94 bits per heavy atom. The van der Waals surface area contributed by atoms with Gasteiger partial charge in [0.25, 0.3) is 0 Å². The second-order valence-electron chi connectivity index (χ2n) is 5.02. The summed E-state index contributed by atoms with van der Waals surface area (Å²) in [5.41, 5.74) is 0. The number of hydrogen-bond donors (Lipinski definition) is 1. The fraction of sp³-hybridized carbons (Fsp3) is 0.667. The normalized spacial score (nSPS) is 32.1.